The molecule has 0 saturated carbocycles. The van der Waals surface area contributed by atoms with Crippen LogP contribution in [-0.4, -0.2) is 32.4 Å². The van der Waals surface area contributed by atoms with Gasteiger partial charge in [-0.05, 0) is 42.5 Å². The summed E-state index contributed by atoms with van der Waals surface area (Å²) < 4.78 is 25.8. The lowest BCUT2D eigenvalue weighted by Gasteiger charge is -2.12. The molecule has 0 spiro atoms. The van der Waals surface area contributed by atoms with Crippen molar-refractivity contribution in [1.29, 1.82) is 0 Å². The minimum Gasteiger partial charge on any atom is -0.378 e. The zero-order chi connectivity index (χ0) is 22.0. The Hall–Kier alpha value is -3.29. The number of hydrogen-bond donors (Lipinski definition) is 1. The molecule has 0 amide bonds. The van der Waals surface area contributed by atoms with Crippen LogP contribution < -0.4 is 9.73 Å². The normalized spacial score (nSPS) is 11.3. The summed E-state index contributed by atoms with van der Waals surface area (Å²) in [7, 11) is 0.125. The molecule has 0 bridgehead atoms. The van der Waals surface area contributed by atoms with E-state index >= 15 is 0 Å². The van der Waals surface area contributed by atoms with Crippen molar-refractivity contribution in [2.24, 2.45) is 0 Å². The molecule has 1 aromatic heterocycles. The molecular formula is C23H21ClN4O2S. The van der Waals surface area contributed by atoms with Crippen molar-refractivity contribution >= 4 is 27.3 Å². The van der Waals surface area contributed by atoms with Crippen LogP contribution in [0.3, 0.4) is 0 Å². The highest BCUT2D eigenvalue weighted by Gasteiger charge is 2.19. The SMILES string of the molecule is CN(C)c1ccc(-c2cc(-c3ccc(Cl)cc3)n(NS(=O)(=O)c3ccccc3)n2)cc1. The van der Waals surface area contributed by atoms with Gasteiger partial charge in [-0.25, -0.2) is 0 Å². The molecule has 6 nitrogen and oxygen atoms in total. The molecule has 8 heteroatoms. The van der Waals surface area contributed by atoms with Crippen molar-refractivity contribution in [2.45, 2.75) is 4.90 Å². The molecule has 0 saturated heterocycles. The van der Waals surface area contributed by atoms with Crippen LogP contribution in [0.1, 0.15) is 0 Å². The van der Waals surface area contributed by atoms with Gasteiger partial charge in [0.1, 0.15) is 0 Å². The lowest BCUT2D eigenvalue weighted by Crippen LogP contribution is -2.25. The van der Waals surface area contributed by atoms with Crippen LogP contribution in [0.25, 0.3) is 22.5 Å². The molecule has 0 atom stereocenters. The zero-order valence-electron chi connectivity index (χ0n) is 17.0. The number of sulfonamides is 1. The van der Waals surface area contributed by atoms with E-state index in [1.807, 2.05) is 61.5 Å². The number of rotatable bonds is 6. The number of anilines is 1. The maximum absolute atomic E-state index is 12.9. The Morgan fingerprint density at radius 1 is 0.871 bits per heavy atom. The van der Waals surface area contributed by atoms with Gasteiger partial charge >= 0.3 is 0 Å². The Bertz CT molecular complexity index is 1280. The van der Waals surface area contributed by atoms with E-state index in [0.717, 1.165) is 16.8 Å². The highest BCUT2D eigenvalue weighted by molar-refractivity contribution is 7.92. The Balaban J connectivity index is 1.78. The average Bonchev–Trinajstić information content (AvgIpc) is 3.18. The van der Waals surface area contributed by atoms with E-state index in [1.54, 1.807) is 30.3 Å². The second kappa shape index (κ2) is 8.45. The second-order valence-corrected chi connectivity index (χ2v) is 9.28. The van der Waals surface area contributed by atoms with E-state index in [4.69, 9.17) is 11.6 Å². The molecule has 0 unspecified atom stereocenters. The second-order valence-electron chi connectivity index (χ2n) is 7.18. The summed E-state index contributed by atoms with van der Waals surface area (Å²) in [6, 6.07) is 25.1. The minimum atomic E-state index is -3.82. The molecule has 4 rings (SSSR count). The average molecular weight is 453 g/mol. The standard InChI is InChI=1S/C23H21ClN4O2S/c1-27(2)20-14-10-17(11-15-20)22-16-23(18-8-12-19(24)13-9-18)28(25-22)26-31(29,30)21-6-4-3-5-7-21/h3-16,26H,1-2H3. The third-order valence-corrected chi connectivity index (χ3v) is 6.35. The molecule has 158 valence electrons. The first-order valence-corrected chi connectivity index (χ1v) is 11.4. The summed E-state index contributed by atoms with van der Waals surface area (Å²) in [6.45, 7) is 0. The Kier molecular flexibility index (Phi) is 5.71. The predicted octanol–water partition coefficient (Wildman–Crippen LogP) is 4.87. The van der Waals surface area contributed by atoms with Crippen LogP contribution in [0, 0.1) is 0 Å². The van der Waals surface area contributed by atoms with E-state index in [0.29, 0.717) is 16.4 Å². The van der Waals surface area contributed by atoms with E-state index in [2.05, 4.69) is 9.93 Å². The van der Waals surface area contributed by atoms with Gasteiger partial charge in [0, 0.05) is 35.9 Å². The maximum atomic E-state index is 12.9. The molecule has 0 aliphatic rings. The van der Waals surface area contributed by atoms with Gasteiger partial charge in [-0.1, -0.05) is 54.1 Å². The molecule has 0 radical (unpaired) electrons. The number of halogens is 1. The first-order valence-electron chi connectivity index (χ1n) is 9.55. The van der Waals surface area contributed by atoms with Gasteiger partial charge in [-0.2, -0.15) is 23.1 Å². The van der Waals surface area contributed by atoms with Crippen LogP contribution in [0.4, 0.5) is 5.69 Å². The highest BCUT2D eigenvalue weighted by atomic mass is 35.5. The quantitative estimate of drug-likeness (QED) is 0.453. The largest absolute Gasteiger partial charge is 0.378 e. The monoisotopic (exact) mass is 452 g/mol. The number of nitrogens with one attached hydrogen (secondary N) is 1. The number of hydrogen-bond acceptors (Lipinski definition) is 4. The van der Waals surface area contributed by atoms with Crippen molar-refractivity contribution in [3.05, 3.63) is 90.0 Å². The summed E-state index contributed by atoms with van der Waals surface area (Å²) in [6.07, 6.45) is 0. The van der Waals surface area contributed by atoms with Crippen molar-refractivity contribution in [1.82, 2.24) is 9.89 Å². The van der Waals surface area contributed by atoms with E-state index in [1.165, 1.54) is 16.9 Å². The number of aromatic nitrogens is 2. The summed E-state index contributed by atoms with van der Waals surface area (Å²) >= 11 is 6.03. The molecule has 3 aromatic carbocycles. The zero-order valence-corrected chi connectivity index (χ0v) is 18.6. The van der Waals surface area contributed by atoms with Crippen LogP contribution in [-0.2, 0) is 10.0 Å². The molecule has 0 fully saturated rings. The highest BCUT2D eigenvalue weighted by Crippen LogP contribution is 2.28. The first-order chi connectivity index (χ1) is 14.8. The fourth-order valence-corrected chi connectivity index (χ4v) is 4.23. The first kappa shape index (κ1) is 21.0. The summed E-state index contributed by atoms with van der Waals surface area (Å²) in [5.41, 5.74) is 3.96. The molecule has 31 heavy (non-hydrogen) atoms. The third-order valence-electron chi connectivity index (χ3n) is 4.79. The van der Waals surface area contributed by atoms with Crippen LogP contribution >= 0.6 is 11.6 Å². The van der Waals surface area contributed by atoms with Crippen LogP contribution in [0.2, 0.25) is 5.02 Å². The van der Waals surface area contributed by atoms with E-state index in [9.17, 15) is 8.42 Å². The Morgan fingerprint density at radius 2 is 1.48 bits per heavy atom. The Morgan fingerprint density at radius 3 is 2.10 bits per heavy atom. The smallest absolute Gasteiger partial charge is 0.276 e. The Labute approximate surface area is 186 Å². The van der Waals surface area contributed by atoms with Gasteiger partial charge in [0.05, 0.1) is 16.3 Å². The summed E-state index contributed by atoms with van der Waals surface area (Å²) in [5, 5.41) is 5.14. The lowest BCUT2D eigenvalue weighted by molar-refractivity contribution is 0.592. The fourth-order valence-electron chi connectivity index (χ4n) is 3.11. The molecular weight excluding hydrogens is 432 g/mol. The lowest BCUT2D eigenvalue weighted by atomic mass is 10.1. The minimum absolute atomic E-state index is 0.157. The van der Waals surface area contributed by atoms with Gasteiger partial charge in [-0.15, -0.1) is 0 Å². The van der Waals surface area contributed by atoms with Crippen LogP contribution in [0.15, 0.2) is 89.8 Å². The van der Waals surface area contributed by atoms with Gasteiger partial charge in [0.2, 0.25) is 0 Å². The summed E-state index contributed by atoms with van der Waals surface area (Å²) in [4.78, 5) is 6.03. The fraction of sp³-hybridized carbons (Fsp3) is 0.0870. The van der Waals surface area contributed by atoms with Gasteiger partial charge < -0.3 is 4.90 Å². The van der Waals surface area contributed by atoms with Crippen LogP contribution in [0.5, 0.6) is 0 Å². The third kappa shape index (κ3) is 4.57. The van der Waals surface area contributed by atoms with Crippen molar-refractivity contribution in [3.8, 4) is 22.5 Å². The molecule has 4 aromatic rings. The molecule has 1 N–H and O–H groups in total. The topological polar surface area (TPSA) is 67.2 Å². The van der Waals surface area contributed by atoms with Crippen molar-refractivity contribution < 1.29 is 8.42 Å². The van der Waals surface area contributed by atoms with Gasteiger partial charge in [0.25, 0.3) is 10.0 Å². The molecule has 0 aliphatic heterocycles. The molecule has 0 aliphatic carbocycles. The van der Waals surface area contributed by atoms with Crippen molar-refractivity contribution in [2.75, 3.05) is 23.8 Å². The summed E-state index contributed by atoms with van der Waals surface area (Å²) in [5.74, 6) is 0. The number of benzene rings is 3. The predicted molar refractivity (Wildman–Crippen MR) is 125 cm³/mol. The molecule has 1 heterocycles. The van der Waals surface area contributed by atoms with Gasteiger partial charge in [0.15, 0.2) is 0 Å². The van der Waals surface area contributed by atoms with Crippen molar-refractivity contribution in [3.63, 3.8) is 0 Å². The van der Waals surface area contributed by atoms with Gasteiger partial charge in [-0.3, -0.25) is 0 Å². The maximum Gasteiger partial charge on any atom is 0.276 e. The van der Waals surface area contributed by atoms with E-state index in [-0.39, 0.29) is 4.90 Å². The number of nitrogens with zero attached hydrogens (tertiary/aromatic N) is 3. The van der Waals surface area contributed by atoms with E-state index < -0.39 is 10.0 Å².